The fourth-order valence-electron chi connectivity index (χ4n) is 4.47. The zero-order valence-electron chi connectivity index (χ0n) is 18.1. The number of hydrogen-bond donors (Lipinski definition) is 2. The van der Waals surface area contributed by atoms with Crippen LogP contribution >= 0.6 is 0 Å². The van der Waals surface area contributed by atoms with E-state index in [1.807, 2.05) is 0 Å². The van der Waals surface area contributed by atoms with Gasteiger partial charge in [-0.2, -0.15) is 0 Å². The Morgan fingerprint density at radius 3 is 2.47 bits per heavy atom. The molecule has 0 radical (unpaired) electrons. The smallest absolute Gasteiger partial charge is 0.256 e. The van der Waals surface area contributed by atoms with E-state index in [1.54, 1.807) is 66.7 Å². The van der Waals surface area contributed by atoms with Gasteiger partial charge in [0, 0.05) is 18.7 Å². The Morgan fingerprint density at radius 2 is 1.71 bits per heavy atom. The minimum Gasteiger partial charge on any atom is -0.378 e. The number of piperazine rings is 1. The third-order valence-electron chi connectivity index (χ3n) is 6.30. The van der Waals surface area contributed by atoms with E-state index in [1.165, 1.54) is 15.9 Å². The van der Waals surface area contributed by atoms with Crippen molar-refractivity contribution in [2.75, 3.05) is 25.0 Å². The number of benzene rings is 3. The third kappa shape index (κ3) is 3.82. The van der Waals surface area contributed by atoms with Crippen LogP contribution in [0.5, 0.6) is 0 Å². The number of hydrogen-bond acceptors (Lipinski definition) is 4. The summed E-state index contributed by atoms with van der Waals surface area (Å²) in [7, 11) is 0. The van der Waals surface area contributed by atoms with Crippen LogP contribution in [0.1, 0.15) is 22.0 Å². The summed E-state index contributed by atoms with van der Waals surface area (Å²) in [4.78, 5) is 42.2. The van der Waals surface area contributed by atoms with E-state index in [0.717, 1.165) is 0 Å². The lowest BCUT2D eigenvalue weighted by Crippen LogP contribution is -2.60. The van der Waals surface area contributed by atoms with Gasteiger partial charge < -0.3 is 20.2 Å². The molecule has 0 aromatic heterocycles. The molecule has 0 spiro atoms. The lowest BCUT2D eigenvalue weighted by molar-refractivity contribution is -0.144. The molecule has 2 atom stereocenters. The van der Waals surface area contributed by atoms with Gasteiger partial charge in [0.05, 0.1) is 17.8 Å². The molecule has 1 fully saturated rings. The molecule has 172 valence electrons. The standard InChI is InChI=1S/C26H22FN3O4/c27-20-9-5-4-8-18(20)17-10-11-21-19(14-17)25(33)30-13-12-29(15-22(30)24(32)28-21)26(34)23(31)16-6-2-1-3-7-16/h1-11,14,22-23,31H,12-13,15H2,(H,28,32). The van der Waals surface area contributed by atoms with Crippen molar-refractivity contribution in [2.24, 2.45) is 0 Å². The van der Waals surface area contributed by atoms with E-state index in [4.69, 9.17) is 0 Å². The van der Waals surface area contributed by atoms with Crippen LogP contribution in [0.4, 0.5) is 10.1 Å². The molecule has 2 aliphatic rings. The van der Waals surface area contributed by atoms with Gasteiger partial charge in [0.15, 0.2) is 6.10 Å². The number of carbonyl (C=O) groups excluding carboxylic acids is 3. The van der Waals surface area contributed by atoms with Gasteiger partial charge in [-0.1, -0.05) is 54.6 Å². The molecule has 0 saturated carbocycles. The summed E-state index contributed by atoms with van der Waals surface area (Å²) in [5.74, 6) is -1.71. The quantitative estimate of drug-likeness (QED) is 0.630. The highest BCUT2D eigenvalue weighted by Gasteiger charge is 2.41. The number of amides is 3. The summed E-state index contributed by atoms with van der Waals surface area (Å²) < 4.78 is 14.3. The topological polar surface area (TPSA) is 90.0 Å². The number of halogens is 1. The zero-order valence-corrected chi connectivity index (χ0v) is 18.1. The Kier molecular flexibility index (Phi) is 5.59. The number of aliphatic hydroxyl groups is 1. The highest BCUT2D eigenvalue weighted by atomic mass is 19.1. The van der Waals surface area contributed by atoms with Crippen molar-refractivity contribution < 1.29 is 23.9 Å². The van der Waals surface area contributed by atoms with Crippen LogP contribution in [0.2, 0.25) is 0 Å². The molecule has 0 aliphatic carbocycles. The predicted molar refractivity (Wildman–Crippen MR) is 123 cm³/mol. The van der Waals surface area contributed by atoms with Crippen LogP contribution < -0.4 is 5.32 Å². The summed E-state index contributed by atoms with van der Waals surface area (Å²) in [6.07, 6.45) is -1.35. The number of rotatable bonds is 3. The Morgan fingerprint density at radius 1 is 0.971 bits per heavy atom. The second-order valence-electron chi connectivity index (χ2n) is 8.34. The number of carbonyl (C=O) groups is 3. The SMILES string of the molecule is O=C1Nc2ccc(-c3ccccc3F)cc2C(=O)N2CCN(C(=O)C(O)c3ccccc3)CC12. The highest BCUT2D eigenvalue weighted by Crippen LogP contribution is 2.31. The number of anilines is 1. The predicted octanol–water partition coefficient (Wildman–Crippen LogP) is 2.83. The number of aliphatic hydroxyl groups excluding tert-OH is 1. The van der Waals surface area contributed by atoms with E-state index >= 15 is 0 Å². The third-order valence-corrected chi connectivity index (χ3v) is 6.30. The molecule has 2 heterocycles. The molecule has 2 N–H and O–H groups in total. The van der Waals surface area contributed by atoms with Crippen molar-refractivity contribution in [1.29, 1.82) is 0 Å². The molecule has 7 nitrogen and oxygen atoms in total. The molecule has 34 heavy (non-hydrogen) atoms. The second kappa shape index (κ2) is 8.72. The van der Waals surface area contributed by atoms with Gasteiger partial charge in [0.2, 0.25) is 5.91 Å². The minimum absolute atomic E-state index is 0.0333. The number of nitrogens with one attached hydrogen (secondary N) is 1. The Labute approximate surface area is 195 Å². The van der Waals surface area contributed by atoms with E-state index in [0.29, 0.717) is 22.4 Å². The van der Waals surface area contributed by atoms with Crippen LogP contribution in [-0.2, 0) is 9.59 Å². The molecule has 1 saturated heterocycles. The van der Waals surface area contributed by atoms with Crippen LogP contribution in [0.3, 0.4) is 0 Å². The first-order valence-electron chi connectivity index (χ1n) is 11.0. The molecule has 3 aromatic carbocycles. The number of nitrogens with zero attached hydrogens (tertiary/aromatic N) is 2. The van der Waals surface area contributed by atoms with Gasteiger partial charge in [-0.05, 0) is 29.3 Å². The van der Waals surface area contributed by atoms with E-state index in [9.17, 15) is 23.9 Å². The fraction of sp³-hybridized carbons (Fsp3) is 0.192. The van der Waals surface area contributed by atoms with Crippen molar-refractivity contribution in [3.8, 4) is 11.1 Å². The summed E-state index contributed by atoms with van der Waals surface area (Å²) in [6.45, 7) is 0.280. The van der Waals surface area contributed by atoms with E-state index in [-0.39, 0.29) is 31.1 Å². The van der Waals surface area contributed by atoms with Crippen LogP contribution in [0.25, 0.3) is 11.1 Å². The van der Waals surface area contributed by atoms with Gasteiger partial charge in [-0.25, -0.2) is 4.39 Å². The average Bonchev–Trinajstić information content (AvgIpc) is 2.97. The minimum atomic E-state index is -1.35. The Hall–Kier alpha value is -4.04. The maximum atomic E-state index is 14.3. The largest absolute Gasteiger partial charge is 0.378 e. The summed E-state index contributed by atoms with van der Waals surface area (Å²) in [6, 6.07) is 18.8. The van der Waals surface area contributed by atoms with Crippen molar-refractivity contribution >= 4 is 23.4 Å². The van der Waals surface area contributed by atoms with Crippen LogP contribution in [0.15, 0.2) is 72.8 Å². The van der Waals surface area contributed by atoms with Crippen molar-refractivity contribution in [1.82, 2.24) is 9.80 Å². The Balaban J connectivity index is 1.40. The molecule has 0 bridgehead atoms. The van der Waals surface area contributed by atoms with Gasteiger partial charge in [0.1, 0.15) is 11.9 Å². The van der Waals surface area contributed by atoms with Crippen molar-refractivity contribution in [2.45, 2.75) is 12.1 Å². The second-order valence-corrected chi connectivity index (χ2v) is 8.34. The number of fused-ring (bicyclic) bond motifs is 2. The molecular weight excluding hydrogens is 437 g/mol. The van der Waals surface area contributed by atoms with Crippen LogP contribution in [-0.4, -0.2) is 58.3 Å². The first kappa shape index (κ1) is 21.8. The first-order chi connectivity index (χ1) is 16.4. The molecule has 5 rings (SSSR count). The maximum Gasteiger partial charge on any atom is 0.256 e. The summed E-state index contributed by atoms with van der Waals surface area (Å²) in [5, 5.41) is 13.3. The van der Waals surface area contributed by atoms with Gasteiger partial charge in [0.25, 0.3) is 11.8 Å². The van der Waals surface area contributed by atoms with E-state index < -0.39 is 29.8 Å². The molecule has 3 amide bonds. The Bertz CT molecular complexity index is 1280. The van der Waals surface area contributed by atoms with Gasteiger partial charge in [-0.15, -0.1) is 0 Å². The summed E-state index contributed by atoms with van der Waals surface area (Å²) >= 11 is 0. The first-order valence-corrected chi connectivity index (χ1v) is 11.0. The van der Waals surface area contributed by atoms with E-state index in [2.05, 4.69) is 5.32 Å². The lowest BCUT2D eigenvalue weighted by Gasteiger charge is -2.40. The van der Waals surface area contributed by atoms with Gasteiger partial charge in [-0.3, -0.25) is 14.4 Å². The van der Waals surface area contributed by atoms with Crippen molar-refractivity contribution in [3.63, 3.8) is 0 Å². The highest BCUT2D eigenvalue weighted by molar-refractivity contribution is 6.10. The molecular formula is C26H22FN3O4. The average molecular weight is 459 g/mol. The van der Waals surface area contributed by atoms with Crippen molar-refractivity contribution in [3.05, 3.63) is 89.7 Å². The zero-order chi connectivity index (χ0) is 23.8. The molecule has 8 heteroatoms. The molecule has 3 aromatic rings. The lowest BCUT2D eigenvalue weighted by atomic mass is 10.0. The van der Waals surface area contributed by atoms with Crippen LogP contribution in [0, 0.1) is 5.82 Å². The fourth-order valence-corrected chi connectivity index (χ4v) is 4.47. The summed E-state index contributed by atoms with van der Waals surface area (Å²) in [5.41, 5.74) is 1.95. The normalized spacial score (nSPS) is 18.5. The van der Waals surface area contributed by atoms with Gasteiger partial charge >= 0.3 is 0 Å². The molecule has 2 unspecified atom stereocenters. The molecule has 2 aliphatic heterocycles. The monoisotopic (exact) mass is 459 g/mol. The maximum absolute atomic E-state index is 14.3.